The van der Waals surface area contributed by atoms with Gasteiger partial charge in [0.2, 0.25) is 0 Å². The van der Waals surface area contributed by atoms with Crippen molar-refractivity contribution in [3.05, 3.63) is 64.9 Å². The highest BCUT2D eigenvalue weighted by molar-refractivity contribution is 6.05. The number of halogens is 2. The molecule has 1 aliphatic carbocycles. The second-order valence-corrected chi connectivity index (χ2v) is 7.28. The summed E-state index contributed by atoms with van der Waals surface area (Å²) >= 11 is 0. The summed E-state index contributed by atoms with van der Waals surface area (Å²) in [5.41, 5.74) is 3.96. The van der Waals surface area contributed by atoms with E-state index in [-0.39, 0.29) is 5.56 Å². The number of aryl methyl sites for hydroxylation is 1. The molecule has 1 heterocycles. The highest BCUT2D eigenvalue weighted by Crippen LogP contribution is 2.32. The zero-order chi connectivity index (χ0) is 19.1. The quantitative estimate of drug-likeness (QED) is 0.730. The molecule has 0 bridgehead atoms. The molecule has 0 saturated heterocycles. The van der Waals surface area contributed by atoms with Crippen LogP contribution in [0.15, 0.2) is 36.4 Å². The lowest BCUT2D eigenvalue weighted by Crippen LogP contribution is -2.33. The normalized spacial score (nSPS) is 16.6. The Labute approximate surface area is 156 Å². The maximum absolute atomic E-state index is 13.8. The van der Waals surface area contributed by atoms with E-state index in [0.717, 1.165) is 42.3 Å². The van der Waals surface area contributed by atoms with E-state index in [0.29, 0.717) is 17.8 Å². The van der Waals surface area contributed by atoms with Crippen LogP contribution in [0, 0.1) is 11.6 Å². The number of aromatic nitrogens is 1. The average Bonchev–Trinajstić information content (AvgIpc) is 2.98. The summed E-state index contributed by atoms with van der Waals surface area (Å²) in [6.45, 7) is 0. The molecule has 140 valence electrons. The van der Waals surface area contributed by atoms with E-state index in [2.05, 4.69) is 29.3 Å². The third-order valence-corrected chi connectivity index (χ3v) is 5.33. The van der Waals surface area contributed by atoms with E-state index in [9.17, 15) is 13.6 Å². The monoisotopic (exact) mass is 369 g/mol. The zero-order valence-corrected chi connectivity index (χ0v) is 15.3. The third kappa shape index (κ3) is 3.32. The Morgan fingerprint density at radius 2 is 2.00 bits per heavy atom. The number of anilines is 1. The van der Waals surface area contributed by atoms with Crippen molar-refractivity contribution < 1.29 is 13.6 Å². The molecule has 3 aromatic rings. The summed E-state index contributed by atoms with van der Waals surface area (Å²) in [6.07, 6.45) is 3.06. The van der Waals surface area contributed by atoms with Gasteiger partial charge in [-0.25, -0.2) is 8.78 Å². The molecular formula is C21H21F2N3O. The third-order valence-electron chi connectivity index (χ3n) is 5.33. The van der Waals surface area contributed by atoms with Gasteiger partial charge in [-0.3, -0.25) is 4.79 Å². The van der Waals surface area contributed by atoms with Crippen LogP contribution in [0.1, 0.15) is 28.0 Å². The van der Waals surface area contributed by atoms with E-state index in [1.165, 1.54) is 11.3 Å². The lowest BCUT2D eigenvalue weighted by Gasteiger charge is -2.28. The summed E-state index contributed by atoms with van der Waals surface area (Å²) < 4.78 is 26.9. The van der Waals surface area contributed by atoms with Gasteiger partial charge < -0.3 is 15.2 Å². The number of rotatable bonds is 3. The van der Waals surface area contributed by atoms with Crippen LogP contribution in [0.3, 0.4) is 0 Å². The Morgan fingerprint density at radius 1 is 1.19 bits per heavy atom. The van der Waals surface area contributed by atoms with Gasteiger partial charge in [0, 0.05) is 34.4 Å². The van der Waals surface area contributed by atoms with Crippen molar-refractivity contribution in [2.24, 2.45) is 0 Å². The Morgan fingerprint density at radius 3 is 2.74 bits per heavy atom. The van der Waals surface area contributed by atoms with E-state index in [1.807, 2.05) is 12.1 Å². The number of carbonyl (C=O) groups excluding carboxylic acids is 1. The highest BCUT2D eigenvalue weighted by atomic mass is 19.1. The molecular weight excluding hydrogens is 348 g/mol. The second-order valence-electron chi connectivity index (χ2n) is 7.28. The van der Waals surface area contributed by atoms with E-state index in [1.54, 1.807) is 6.07 Å². The van der Waals surface area contributed by atoms with Gasteiger partial charge >= 0.3 is 0 Å². The van der Waals surface area contributed by atoms with Gasteiger partial charge in [-0.2, -0.15) is 0 Å². The number of nitrogens with one attached hydrogen (secondary N) is 2. The number of likely N-dealkylation sites (N-methyl/N-ethyl adjacent to an activating group) is 1. The van der Waals surface area contributed by atoms with Crippen LogP contribution >= 0.6 is 0 Å². The standard InChI is InChI=1S/C21H21F2N3O/c1-26(2)14-5-8-20-17(11-14)16-10-13(4-7-19(16)25-20)24-21(27)15-6-3-12(22)9-18(15)23/h3-4,6-7,9-10,14,25H,5,8,11H2,1-2H3,(H,24,27). The van der Waals surface area contributed by atoms with Crippen molar-refractivity contribution in [2.45, 2.75) is 25.3 Å². The van der Waals surface area contributed by atoms with Crippen molar-refractivity contribution in [1.29, 1.82) is 0 Å². The first-order valence-electron chi connectivity index (χ1n) is 8.98. The Hall–Kier alpha value is -2.73. The molecule has 6 heteroatoms. The van der Waals surface area contributed by atoms with Crippen molar-refractivity contribution in [1.82, 2.24) is 9.88 Å². The van der Waals surface area contributed by atoms with Gasteiger partial charge in [-0.1, -0.05) is 0 Å². The Kier molecular flexibility index (Phi) is 4.44. The molecule has 0 radical (unpaired) electrons. The van der Waals surface area contributed by atoms with Crippen molar-refractivity contribution in [2.75, 3.05) is 19.4 Å². The van der Waals surface area contributed by atoms with Gasteiger partial charge in [-0.15, -0.1) is 0 Å². The number of fused-ring (bicyclic) bond motifs is 3. The minimum absolute atomic E-state index is 0.180. The number of benzene rings is 2. The molecule has 1 atom stereocenters. The van der Waals surface area contributed by atoms with Gasteiger partial charge in [-0.05, 0) is 69.3 Å². The molecule has 4 nitrogen and oxygen atoms in total. The molecule has 27 heavy (non-hydrogen) atoms. The molecule has 2 aromatic carbocycles. The van der Waals surface area contributed by atoms with Gasteiger partial charge in [0.05, 0.1) is 5.56 Å². The fourth-order valence-corrected chi connectivity index (χ4v) is 3.79. The number of hydrogen-bond donors (Lipinski definition) is 2. The summed E-state index contributed by atoms with van der Waals surface area (Å²) in [7, 11) is 4.18. The fourth-order valence-electron chi connectivity index (χ4n) is 3.79. The molecule has 0 fully saturated rings. The molecule has 1 unspecified atom stereocenters. The van der Waals surface area contributed by atoms with Crippen LogP contribution < -0.4 is 5.32 Å². The number of carbonyl (C=O) groups is 1. The Bertz CT molecular complexity index is 1030. The summed E-state index contributed by atoms with van der Waals surface area (Å²) in [5, 5.41) is 3.79. The predicted octanol–water partition coefficient (Wildman–Crippen LogP) is 4.12. The van der Waals surface area contributed by atoms with Gasteiger partial charge in [0.15, 0.2) is 0 Å². The highest BCUT2D eigenvalue weighted by Gasteiger charge is 2.24. The van der Waals surface area contributed by atoms with Crippen LogP contribution in [0.5, 0.6) is 0 Å². The largest absolute Gasteiger partial charge is 0.358 e. The topological polar surface area (TPSA) is 48.1 Å². The van der Waals surface area contributed by atoms with Crippen LogP contribution in [0.2, 0.25) is 0 Å². The van der Waals surface area contributed by atoms with Crippen LogP contribution in [-0.4, -0.2) is 35.9 Å². The van der Waals surface area contributed by atoms with Crippen LogP contribution in [-0.2, 0) is 12.8 Å². The Balaban J connectivity index is 1.64. The zero-order valence-electron chi connectivity index (χ0n) is 15.3. The molecule has 0 aliphatic heterocycles. The number of nitrogens with zero attached hydrogens (tertiary/aromatic N) is 1. The molecule has 1 aliphatic rings. The lowest BCUT2D eigenvalue weighted by atomic mass is 9.91. The predicted molar refractivity (Wildman–Crippen MR) is 102 cm³/mol. The van der Waals surface area contributed by atoms with Crippen molar-refractivity contribution in [3.63, 3.8) is 0 Å². The average molecular weight is 369 g/mol. The molecule has 0 saturated carbocycles. The lowest BCUT2D eigenvalue weighted by molar-refractivity contribution is 0.102. The maximum Gasteiger partial charge on any atom is 0.258 e. The minimum Gasteiger partial charge on any atom is -0.358 e. The van der Waals surface area contributed by atoms with Crippen molar-refractivity contribution >= 4 is 22.5 Å². The number of H-pyrrole nitrogens is 1. The molecule has 4 rings (SSSR count). The molecule has 2 N–H and O–H groups in total. The second kappa shape index (κ2) is 6.78. The first kappa shape index (κ1) is 17.7. The molecule has 1 aromatic heterocycles. The SMILES string of the molecule is CN(C)C1CCc2[nH]c3ccc(NC(=O)c4ccc(F)cc4F)cc3c2C1. The van der Waals surface area contributed by atoms with E-state index in [4.69, 9.17) is 0 Å². The maximum atomic E-state index is 13.8. The number of aromatic amines is 1. The van der Waals surface area contributed by atoms with E-state index >= 15 is 0 Å². The van der Waals surface area contributed by atoms with Crippen molar-refractivity contribution in [3.8, 4) is 0 Å². The summed E-state index contributed by atoms with van der Waals surface area (Å²) in [6, 6.07) is 9.05. The van der Waals surface area contributed by atoms with E-state index < -0.39 is 17.5 Å². The molecule has 1 amide bonds. The minimum atomic E-state index is -0.874. The van der Waals surface area contributed by atoms with Gasteiger partial charge in [0.25, 0.3) is 5.91 Å². The summed E-state index contributed by atoms with van der Waals surface area (Å²) in [4.78, 5) is 18.1. The number of amides is 1. The number of hydrogen-bond acceptors (Lipinski definition) is 2. The van der Waals surface area contributed by atoms with Crippen LogP contribution in [0.4, 0.5) is 14.5 Å². The summed E-state index contributed by atoms with van der Waals surface area (Å²) in [5.74, 6) is -2.18. The smallest absolute Gasteiger partial charge is 0.258 e. The first-order valence-corrected chi connectivity index (χ1v) is 8.98. The fraction of sp³-hybridized carbons (Fsp3) is 0.286. The molecule has 0 spiro atoms. The van der Waals surface area contributed by atoms with Gasteiger partial charge in [0.1, 0.15) is 11.6 Å². The first-order chi connectivity index (χ1) is 12.9. The van der Waals surface area contributed by atoms with Crippen LogP contribution in [0.25, 0.3) is 10.9 Å².